The topological polar surface area (TPSA) is 97.0 Å². The third-order valence-electron chi connectivity index (χ3n) is 1.44. The van der Waals surface area contributed by atoms with Crippen LogP contribution in [0.25, 0.3) is 0 Å². The van der Waals surface area contributed by atoms with E-state index in [4.69, 9.17) is 28.2 Å². The number of hydrogen-bond donors (Lipinski definition) is 3. The van der Waals surface area contributed by atoms with Crippen LogP contribution in [0.1, 0.15) is 5.56 Å². The smallest absolute Gasteiger partial charge is 0.211 e. The Bertz CT molecular complexity index is 429. The lowest BCUT2D eigenvalue weighted by Gasteiger charge is -1.99. The number of rotatable bonds is 2. The average Bonchev–Trinajstić information content (AvgIpc) is 2.13. The molecule has 0 unspecified atom stereocenters. The molecule has 1 rings (SSSR count). The first-order valence-corrected chi connectivity index (χ1v) is 4.18. The Balaban J connectivity index is 3.01. The molecule has 0 saturated carbocycles. The summed E-state index contributed by atoms with van der Waals surface area (Å²) in [6, 6.07) is 2.08. The highest BCUT2D eigenvalue weighted by Gasteiger charge is 2.05. The van der Waals surface area contributed by atoms with Crippen molar-refractivity contribution in [2.75, 3.05) is 0 Å². The molecular weight excluding hydrogens is 223 g/mol. The minimum atomic E-state index is -0.675. The minimum Gasteiger partial charge on any atom is -0.506 e. The molecule has 7 heteroatoms. The minimum absolute atomic E-state index is 0.0163. The maximum Gasteiger partial charge on any atom is 0.211 e. The van der Waals surface area contributed by atoms with Crippen molar-refractivity contribution in [3.05, 3.63) is 28.5 Å². The van der Waals surface area contributed by atoms with E-state index in [1.807, 2.05) is 0 Å². The number of nitrogens with zero attached hydrogens (tertiary/aromatic N) is 2. The molecule has 0 aliphatic rings. The van der Waals surface area contributed by atoms with Gasteiger partial charge < -0.3 is 16.6 Å². The fourth-order valence-corrected chi connectivity index (χ4v) is 0.980. The summed E-state index contributed by atoms with van der Waals surface area (Å²) in [5, 5.41) is 15.8. The summed E-state index contributed by atoms with van der Waals surface area (Å²) in [5.74, 6) is -1.25. The van der Waals surface area contributed by atoms with Gasteiger partial charge in [0.1, 0.15) is 11.6 Å². The van der Waals surface area contributed by atoms with Crippen molar-refractivity contribution in [3.63, 3.8) is 0 Å². The van der Waals surface area contributed by atoms with Crippen LogP contribution in [0.5, 0.6) is 5.75 Å². The zero-order valence-corrected chi connectivity index (χ0v) is 8.24. The Morgan fingerprint density at radius 2 is 2.13 bits per heavy atom. The second kappa shape index (κ2) is 4.61. The summed E-state index contributed by atoms with van der Waals surface area (Å²) in [6.45, 7) is 0. The molecule has 0 fully saturated rings. The molecule has 0 atom stereocenters. The van der Waals surface area contributed by atoms with Crippen LogP contribution in [0.4, 0.5) is 4.39 Å². The van der Waals surface area contributed by atoms with Gasteiger partial charge in [0.25, 0.3) is 0 Å². The van der Waals surface area contributed by atoms with Crippen LogP contribution in [-0.2, 0) is 0 Å². The first-order chi connectivity index (χ1) is 7.00. The number of benzene rings is 1. The average molecular weight is 231 g/mol. The van der Waals surface area contributed by atoms with Gasteiger partial charge in [0.2, 0.25) is 5.96 Å². The Kier molecular flexibility index (Phi) is 3.46. The van der Waals surface area contributed by atoms with Gasteiger partial charge in [-0.2, -0.15) is 5.10 Å². The van der Waals surface area contributed by atoms with E-state index in [1.165, 1.54) is 6.07 Å². The first-order valence-electron chi connectivity index (χ1n) is 3.80. The van der Waals surface area contributed by atoms with E-state index in [-0.39, 0.29) is 22.3 Å². The van der Waals surface area contributed by atoms with Gasteiger partial charge in [-0.25, -0.2) is 4.39 Å². The van der Waals surface area contributed by atoms with Crippen LogP contribution in [0, 0.1) is 5.82 Å². The summed E-state index contributed by atoms with van der Waals surface area (Å²) < 4.78 is 13.1. The molecule has 0 amide bonds. The zero-order chi connectivity index (χ0) is 11.4. The molecular formula is C8H8ClFN4O. The monoisotopic (exact) mass is 230 g/mol. The van der Waals surface area contributed by atoms with E-state index < -0.39 is 5.82 Å². The van der Waals surface area contributed by atoms with Gasteiger partial charge in [-0.1, -0.05) is 11.6 Å². The normalized spacial score (nSPS) is 10.5. The Morgan fingerprint density at radius 1 is 1.47 bits per heavy atom. The van der Waals surface area contributed by atoms with E-state index in [0.717, 1.165) is 12.3 Å². The van der Waals surface area contributed by atoms with E-state index in [9.17, 15) is 4.39 Å². The van der Waals surface area contributed by atoms with Gasteiger partial charge in [-0.3, -0.25) is 0 Å². The second-order valence-corrected chi connectivity index (χ2v) is 3.00. The molecule has 5 N–H and O–H groups in total. The molecule has 0 bridgehead atoms. The van der Waals surface area contributed by atoms with Gasteiger partial charge in [-0.05, 0) is 6.07 Å². The lowest BCUT2D eigenvalue weighted by molar-refractivity contribution is 0.469. The largest absolute Gasteiger partial charge is 0.506 e. The number of hydrogen-bond acceptors (Lipinski definition) is 3. The quantitative estimate of drug-likeness (QED) is 0.398. The summed E-state index contributed by atoms with van der Waals surface area (Å²) >= 11 is 5.56. The van der Waals surface area contributed by atoms with Gasteiger partial charge in [0, 0.05) is 11.6 Å². The lowest BCUT2D eigenvalue weighted by atomic mass is 10.2. The van der Waals surface area contributed by atoms with Gasteiger partial charge >= 0.3 is 0 Å². The molecule has 0 heterocycles. The molecule has 0 saturated heterocycles. The van der Waals surface area contributed by atoms with Crippen molar-refractivity contribution < 1.29 is 9.50 Å². The predicted octanol–water partition coefficient (Wildman–Crippen LogP) is 0.792. The summed E-state index contributed by atoms with van der Waals surface area (Å²) in [5.41, 5.74) is 10.1. The molecule has 0 aromatic heterocycles. The van der Waals surface area contributed by atoms with Crippen molar-refractivity contribution in [2.24, 2.45) is 21.7 Å². The number of phenolic OH excluding ortho intramolecular Hbond substituents is 1. The third-order valence-corrected chi connectivity index (χ3v) is 1.74. The Labute approximate surface area is 89.9 Å². The Morgan fingerprint density at radius 3 is 2.73 bits per heavy atom. The van der Waals surface area contributed by atoms with Crippen LogP contribution in [0.3, 0.4) is 0 Å². The summed E-state index contributed by atoms with van der Waals surface area (Å²) in [6.07, 6.45) is 1.08. The summed E-state index contributed by atoms with van der Waals surface area (Å²) in [4.78, 5) is 0. The molecule has 0 spiro atoms. The lowest BCUT2D eigenvalue weighted by Crippen LogP contribution is -2.21. The number of nitrogens with two attached hydrogens (primary N) is 2. The number of aromatic hydroxyl groups is 1. The SMILES string of the molecule is NC(N)=NN=Cc1cc(Cl)c(O)cc1F. The van der Waals surface area contributed by atoms with Crippen LogP contribution in [-0.4, -0.2) is 17.3 Å². The van der Waals surface area contributed by atoms with Crippen LogP contribution < -0.4 is 11.5 Å². The van der Waals surface area contributed by atoms with Crippen molar-refractivity contribution in [1.29, 1.82) is 0 Å². The number of guanidine groups is 1. The van der Waals surface area contributed by atoms with Crippen LogP contribution in [0.2, 0.25) is 5.02 Å². The van der Waals surface area contributed by atoms with E-state index in [0.29, 0.717) is 0 Å². The third kappa shape index (κ3) is 3.10. The van der Waals surface area contributed by atoms with Crippen LogP contribution >= 0.6 is 11.6 Å². The van der Waals surface area contributed by atoms with Crippen molar-refractivity contribution in [3.8, 4) is 5.75 Å². The van der Waals surface area contributed by atoms with E-state index >= 15 is 0 Å². The van der Waals surface area contributed by atoms with Crippen molar-refractivity contribution in [1.82, 2.24) is 0 Å². The molecule has 0 aliphatic carbocycles. The summed E-state index contributed by atoms with van der Waals surface area (Å²) in [7, 11) is 0. The molecule has 1 aromatic rings. The van der Waals surface area contributed by atoms with Gasteiger partial charge in [-0.15, -0.1) is 5.10 Å². The number of phenols is 1. The van der Waals surface area contributed by atoms with Crippen LogP contribution in [0.15, 0.2) is 22.3 Å². The molecule has 0 radical (unpaired) electrons. The molecule has 0 aliphatic heterocycles. The van der Waals surface area contributed by atoms with Gasteiger partial charge in [0.05, 0.1) is 11.2 Å². The molecule has 5 nitrogen and oxygen atoms in total. The molecule has 80 valence electrons. The maximum atomic E-state index is 13.1. The zero-order valence-electron chi connectivity index (χ0n) is 7.48. The predicted molar refractivity (Wildman–Crippen MR) is 56.5 cm³/mol. The highest BCUT2D eigenvalue weighted by molar-refractivity contribution is 6.32. The highest BCUT2D eigenvalue weighted by Crippen LogP contribution is 2.25. The second-order valence-electron chi connectivity index (χ2n) is 2.59. The van der Waals surface area contributed by atoms with E-state index in [2.05, 4.69) is 10.2 Å². The number of halogens is 2. The molecule has 15 heavy (non-hydrogen) atoms. The standard InChI is InChI=1S/C8H8ClFN4O/c9-5-1-4(3-13-14-8(11)12)6(10)2-7(5)15/h1-3,15H,(H4,11,12,14). The molecule has 1 aromatic carbocycles. The van der Waals surface area contributed by atoms with Gasteiger partial charge in [0.15, 0.2) is 0 Å². The van der Waals surface area contributed by atoms with Crippen molar-refractivity contribution in [2.45, 2.75) is 0 Å². The fraction of sp³-hybridized carbons (Fsp3) is 0. The fourth-order valence-electron chi connectivity index (χ4n) is 0.808. The van der Waals surface area contributed by atoms with E-state index in [1.54, 1.807) is 0 Å². The van der Waals surface area contributed by atoms with Crippen molar-refractivity contribution >= 4 is 23.8 Å². The highest BCUT2D eigenvalue weighted by atomic mass is 35.5. The Hall–Kier alpha value is -1.82. The maximum absolute atomic E-state index is 13.1. The first kappa shape index (κ1) is 11.3.